The molecule has 0 aliphatic carbocycles. The predicted molar refractivity (Wildman–Crippen MR) is 111 cm³/mol. The third-order valence-corrected chi connectivity index (χ3v) is 4.82. The summed E-state index contributed by atoms with van der Waals surface area (Å²) in [4.78, 5) is 0. The van der Waals surface area contributed by atoms with Gasteiger partial charge in [0.25, 0.3) is 0 Å². The Bertz CT molecular complexity index is 1170. The number of aryl methyl sites for hydroxylation is 2. The lowest BCUT2D eigenvalue weighted by atomic mass is 10.1. The zero-order valence-corrected chi connectivity index (χ0v) is 16.1. The molecular weight excluding hydrogens is 376 g/mol. The van der Waals surface area contributed by atoms with Crippen LogP contribution in [-0.4, -0.2) is 25.1 Å². The lowest BCUT2D eigenvalue weighted by Gasteiger charge is -2.18. The molecule has 0 saturated heterocycles. The summed E-state index contributed by atoms with van der Waals surface area (Å²) in [5.41, 5.74) is 9.83. The van der Waals surface area contributed by atoms with E-state index in [1.165, 1.54) is 0 Å². The quantitative estimate of drug-likeness (QED) is 0.356. The van der Waals surface area contributed by atoms with Crippen molar-refractivity contribution in [3.8, 4) is 22.7 Å². The molecule has 0 aliphatic rings. The summed E-state index contributed by atoms with van der Waals surface area (Å²) >= 11 is 5.03. The Kier molecular flexibility index (Phi) is 4.29. The van der Waals surface area contributed by atoms with Gasteiger partial charge >= 0.3 is 0 Å². The van der Waals surface area contributed by atoms with Crippen LogP contribution >= 0.6 is 12.2 Å². The molecule has 0 unspecified atom stereocenters. The van der Waals surface area contributed by atoms with Gasteiger partial charge in [0.1, 0.15) is 17.2 Å². The molecule has 2 heterocycles. The monoisotopic (exact) mass is 394 g/mol. The summed E-state index contributed by atoms with van der Waals surface area (Å²) in [6.07, 6.45) is 0. The Morgan fingerprint density at radius 2 is 1.82 bits per heavy atom. The van der Waals surface area contributed by atoms with Crippen LogP contribution in [0.3, 0.4) is 0 Å². The summed E-state index contributed by atoms with van der Waals surface area (Å²) in [6, 6.07) is 14.4. The van der Waals surface area contributed by atoms with Crippen molar-refractivity contribution in [3.63, 3.8) is 0 Å². The number of thiocarbonyl (C=S) groups is 1. The fraction of sp³-hybridized carbons (Fsp3) is 0.100. The van der Waals surface area contributed by atoms with Gasteiger partial charge in [0.05, 0.1) is 22.5 Å². The SMILES string of the molecule is Cc1noc(C)c1-c1c(N(O)C(N)=S)c2ccccc2n1-c1ccc(O)cc1. The van der Waals surface area contributed by atoms with Gasteiger partial charge in [-0.15, -0.1) is 0 Å². The van der Waals surface area contributed by atoms with Crippen molar-refractivity contribution >= 4 is 33.9 Å². The maximum absolute atomic E-state index is 10.7. The van der Waals surface area contributed by atoms with E-state index in [1.54, 1.807) is 31.2 Å². The fourth-order valence-electron chi connectivity index (χ4n) is 3.47. The molecule has 4 rings (SSSR count). The van der Waals surface area contributed by atoms with Gasteiger partial charge in [-0.1, -0.05) is 23.4 Å². The van der Waals surface area contributed by atoms with Crippen molar-refractivity contribution in [2.45, 2.75) is 13.8 Å². The number of aromatic nitrogens is 2. The number of aromatic hydroxyl groups is 1. The van der Waals surface area contributed by atoms with E-state index < -0.39 is 0 Å². The number of benzene rings is 2. The van der Waals surface area contributed by atoms with E-state index in [2.05, 4.69) is 5.16 Å². The number of phenolic OH excluding ortho intramolecular Hbond substituents is 1. The first-order valence-electron chi connectivity index (χ1n) is 8.54. The van der Waals surface area contributed by atoms with Gasteiger partial charge in [-0.2, -0.15) is 5.06 Å². The van der Waals surface area contributed by atoms with Gasteiger partial charge in [0.15, 0.2) is 5.11 Å². The molecule has 142 valence electrons. The van der Waals surface area contributed by atoms with Crippen LogP contribution < -0.4 is 10.8 Å². The summed E-state index contributed by atoms with van der Waals surface area (Å²) < 4.78 is 7.34. The molecule has 28 heavy (non-hydrogen) atoms. The van der Waals surface area contributed by atoms with E-state index in [1.807, 2.05) is 35.8 Å². The summed E-state index contributed by atoms with van der Waals surface area (Å²) in [6.45, 7) is 3.64. The van der Waals surface area contributed by atoms with Crippen molar-refractivity contribution in [2.75, 3.05) is 5.06 Å². The van der Waals surface area contributed by atoms with Crippen molar-refractivity contribution < 1.29 is 14.8 Å². The number of phenols is 1. The Hall–Kier alpha value is -3.36. The van der Waals surface area contributed by atoms with Gasteiger partial charge in [0, 0.05) is 11.1 Å². The molecule has 2 aromatic heterocycles. The Balaban J connectivity index is 2.20. The zero-order chi connectivity index (χ0) is 20.0. The standard InChI is InChI=1S/C20H18N4O3S/c1-11-17(12(2)27-22-11)19-18(24(26)20(21)28)15-5-3-4-6-16(15)23(19)13-7-9-14(25)10-8-13/h3-10,25-26H,1-2H3,(H2,21,28). The third-order valence-electron chi connectivity index (χ3n) is 4.65. The molecule has 0 amide bonds. The van der Waals surface area contributed by atoms with Crippen LogP contribution in [0.1, 0.15) is 11.5 Å². The Morgan fingerprint density at radius 3 is 2.43 bits per heavy atom. The molecule has 0 saturated carbocycles. The second-order valence-electron chi connectivity index (χ2n) is 6.42. The lowest BCUT2D eigenvalue weighted by Crippen LogP contribution is -2.32. The largest absolute Gasteiger partial charge is 0.508 e. The molecule has 0 spiro atoms. The summed E-state index contributed by atoms with van der Waals surface area (Å²) in [5.74, 6) is 0.754. The third kappa shape index (κ3) is 2.70. The first-order chi connectivity index (χ1) is 13.4. The van der Waals surface area contributed by atoms with Gasteiger partial charge in [-0.3, -0.25) is 5.21 Å². The minimum absolute atomic E-state index is 0.159. The number of nitrogens with zero attached hydrogens (tertiary/aromatic N) is 3. The van der Waals surface area contributed by atoms with Crippen molar-refractivity contribution in [3.05, 3.63) is 60.0 Å². The number of nitrogens with two attached hydrogens (primary N) is 1. The highest BCUT2D eigenvalue weighted by Crippen LogP contribution is 2.44. The molecule has 7 nitrogen and oxygen atoms in total. The van der Waals surface area contributed by atoms with Crippen LogP contribution in [-0.2, 0) is 0 Å². The molecule has 0 aliphatic heterocycles. The first-order valence-corrected chi connectivity index (χ1v) is 8.95. The highest BCUT2D eigenvalue weighted by molar-refractivity contribution is 7.80. The van der Waals surface area contributed by atoms with E-state index >= 15 is 0 Å². The van der Waals surface area contributed by atoms with Crippen molar-refractivity contribution in [1.29, 1.82) is 0 Å². The number of anilines is 1. The average Bonchev–Trinajstić information content (AvgIpc) is 3.18. The van der Waals surface area contributed by atoms with Crippen molar-refractivity contribution in [1.82, 2.24) is 9.72 Å². The number of rotatable bonds is 3. The van der Waals surface area contributed by atoms with Crippen LogP contribution in [0.4, 0.5) is 5.69 Å². The van der Waals surface area contributed by atoms with Crippen LogP contribution in [0.2, 0.25) is 0 Å². The maximum atomic E-state index is 10.7. The van der Waals surface area contributed by atoms with Crippen LogP contribution in [0.5, 0.6) is 5.75 Å². The van der Waals surface area contributed by atoms with Gasteiger partial charge in [0.2, 0.25) is 0 Å². The lowest BCUT2D eigenvalue weighted by molar-refractivity contribution is 0.315. The molecular formula is C20H18N4O3S. The average molecular weight is 394 g/mol. The van der Waals surface area contributed by atoms with E-state index in [9.17, 15) is 10.3 Å². The number of hydrogen-bond donors (Lipinski definition) is 3. The molecule has 0 radical (unpaired) electrons. The summed E-state index contributed by atoms with van der Waals surface area (Å²) in [5, 5.41) is 25.9. The highest BCUT2D eigenvalue weighted by atomic mass is 32.1. The molecule has 0 bridgehead atoms. The zero-order valence-electron chi connectivity index (χ0n) is 15.2. The molecule has 2 aromatic carbocycles. The Labute approximate surface area is 166 Å². The van der Waals surface area contributed by atoms with Crippen LogP contribution in [0.25, 0.3) is 27.8 Å². The molecule has 0 fully saturated rings. The summed E-state index contributed by atoms with van der Waals surface area (Å²) in [7, 11) is 0. The number of hydroxylamine groups is 1. The van der Waals surface area contributed by atoms with E-state index in [4.69, 9.17) is 22.5 Å². The van der Waals surface area contributed by atoms with Crippen LogP contribution in [0.15, 0.2) is 53.1 Å². The minimum atomic E-state index is -0.179. The molecule has 0 atom stereocenters. The first kappa shape index (κ1) is 18.0. The second kappa shape index (κ2) is 6.66. The minimum Gasteiger partial charge on any atom is -0.508 e. The highest BCUT2D eigenvalue weighted by Gasteiger charge is 2.28. The van der Waals surface area contributed by atoms with Crippen LogP contribution in [0, 0.1) is 13.8 Å². The van der Waals surface area contributed by atoms with E-state index in [-0.39, 0.29) is 10.9 Å². The number of para-hydroxylation sites is 1. The van der Waals surface area contributed by atoms with E-state index in [0.717, 1.165) is 27.2 Å². The van der Waals surface area contributed by atoms with Gasteiger partial charge in [-0.25, -0.2) is 0 Å². The molecule has 4 N–H and O–H groups in total. The molecule has 8 heteroatoms. The number of hydrogen-bond acceptors (Lipinski definition) is 5. The maximum Gasteiger partial charge on any atom is 0.195 e. The number of fused-ring (bicyclic) bond motifs is 1. The second-order valence-corrected chi connectivity index (χ2v) is 6.83. The van der Waals surface area contributed by atoms with Gasteiger partial charge in [-0.05, 0) is 56.4 Å². The fourth-order valence-corrected chi connectivity index (χ4v) is 3.56. The van der Waals surface area contributed by atoms with Gasteiger partial charge < -0.3 is 19.9 Å². The van der Waals surface area contributed by atoms with E-state index in [0.29, 0.717) is 22.8 Å². The molecule has 4 aromatic rings. The predicted octanol–water partition coefficient (Wildman–Crippen LogP) is 4.05. The normalized spacial score (nSPS) is 11.1. The Morgan fingerprint density at radius 1 is 1.14 bits per heavy atom. The van der Waals surface area contributed by atoms with Crippen molar-refractivity contribution in [2.24, 2.45) is 5.73 Å². The topological polar surface area (TPSA) is 101 Å². The smallest absolute Gasteiger partial charge is 0.195 e.